The number of nitrogens with zero attached hydrogens (tertiary/aromatic N) is 1. The summed E-state index contributed by atoms with van der Waals surface area (Å²) in [6.07, 6.45) is 0.183. The van der Waals surface area contributed by atoms with Crippen LogP contribution < -0.4 is 0 Å². The Kier molecular flexibility index (Phi) is 5.32. The second-order valence-electron chi connectivity index (χ2n) is 5.31. The number of hydrogen-bond donors (Lipinski definition) is 1. The van der Waals surface area contributed by atoms with Gasteiger partial charge in [-0.25, -0.2) is 0 Å². The second kappa shape index (κ2) is 6.54. The van der Waals surface area contributed by atoms with Crippen molar-refractivity contribution in [2.45, 2.75) is 26.7 Å². The van der Waals surface area contributed by atoms with E-state index in [1.807, 2.05) is 6.92 Å². The largest absolute Gasteiger partial charge is 0.481 e. The molecule has 1 fully saturated rings. The molecule has 1 saturated heterocycles. The molecule has 1 N–H and O–H groups in total. The van der Waals surface area contributed by atoms with Crippen molar-refractivity contribution in [2.75, 3.05) is 20.2 Å². The fourth-order valence-corrected chi connectivity index (χ4v) is 2.43. The van der Waals surface area contributed by atoms with E-state index in [1.165, 1.54) is 7.11 Å². The summed E-state index contributed by atoms with van der Waals surface area (Å²) in [5.41, 5.74) is 0. The van der Waals surface area contributed by atoms with Gasteiger partial charge in [-0.15, -0.1) is 0 Å². The van der Waals surface area contributed by atoms with E-state index < -0.39 is 5.97 Å². The average Bonchev–Trinajstić information content (AvgIpc) is 2.69. The minimum absolute atomic E-state index is 0.0183. The van der Waals surface area contributed by atoms with Crippen LogP contribution in [0.15, 0.2) is 0 Å². The monoisotopic (exact) mass is 271 g/mol. The topological polar surface area (TPSA) is 83.9 Å². The number of ether oxygens (including phenoxy) is 1. The molecule has 6 heteroatoms. The van der Waals surface area contributed by atoms with Crippen LogP contribution in [0.2, 0.25) is 0 Å². The molecule has 0 bridgehead atoms. The molecule has 0 aliphatic carbocycles. The molecule has 1 heterocycles. The van der Waals surface area contributed by atoms with E-state index in [4.69, 9.17) is 9.84 Å². The number of likely N-dealkylation sites (tertiary alicyclic amines) is 1. The SMILES string of the molecule is COC(=O)C1CN(C(=O)CC(C)CC(=O)O)CC1C. The Morgan fingerprint density at radius 1 is 1.32 bits per heavy atom. The number of methoxy groups -OCH3 is 1. The van der Waals surface area contributed by atoms with Crippen molar-refractivity contribution in [1.82, 2.24) is 4.90 Å². The number of carbonyl (C=O) groups is 3. The van der Waals surface area contributed by atoms with Crippen LogP contribution in [0.25, 0.3) is 0 Å². The van der Waals surface area contributed by atoms with E-state index in [9.17, 15) is 14.4 Å². The Labute approximate surface area is 112 Å². The number of amides is 1. The van der Waals surface area contributed by atoms with E-state index in [2.05, 4.69) is 0 Å². The van der Waals surface area contributed by atoms with Crippen molar-refractivity contribution in [3.63, 3.8) is 0 Å². The Bertz CT molecular complexity index is 368. The van der Waals surface area contributed by atoms with Crippen LogP contribution in [-0.4, -0.2) is 48.1 Å². The first kappa shape index (κ1) is 15.5. The van der Waals surface area contributed by atoms with Crippen molar-refractivity contribution in [3.8, 4) is 0 Å². The van der Waals surface area contributed by atoms with Crippen LogP contribution in [0.4, 0.5) is 0 Å². The summed E-state index contributed by atoms with van der Waals surface area (Å²) in [6, 6.07) is 0. The van der Waals surface area contributed by atoms with Crippen LogP contribution in [0.3, 0.4) is 0 Å². The lowest BCUT2D eigenvalue weighted by atomic mass is 9.99. The van der Waals surface area contributed by atoms with E-state index in [-0.39, 0.29) is 42.5 Å². The number of rotatable bonds is 5. The molecular weight excluding hydrogens is 250 g/mol. The molecular formula is C13H21NO5. The normalized spacial score (nSPS) is 24.1. The fraction of sp³-hybridized carbons (Fsp3) is 0.769. The maximum Gasteiger partial charge on any atom is 0.310 e. The summed E-state index contributed by atoms with van der Waals surface area (Å²) in [5.74, 6) is -1.68. The first-order chi connectivity index (χ1) is 8.85. The van der Waals surface area contributed by atoms with Gasteiger partial charge in [-0.1, -0.05) is 13.8 Å². The van der Waals surface area contributed by atoms with Crippen molar-refractivity contribution in [1.29, 1.82) is 0 Å². The van der Waals surface area contributed by atoms with E-state index in [0.717, 1.165) is 0 Å². The summed E-state index contributed by atoms with van der Waals surface area (Å²) < 4.78 is 4.71. The highest BCUT2D eigenvalue weighted by Crippen LogP contribution is 2.25. The number of aliphatic carboxylic acids is 1. The summed E-state index contributed by atoms with van der Waals surface area (Å²) in [6.45, 7) is 4.55. The third-order valence-corrected chi connectivity index (χ3v) is 3.52. The van der Waals surface area contributed by atoms with Crippen molar-refractivity contribution >= 4 is 17.8 Å². The third-order valence-electron chi connectivity index (χ3n) is 3.52. The van der Waals surface area contributed by atoms with E-state index in [0.29, 0.717) is 13.1 Å². The summed E-state index contributed by atoms with van der Waals surface area (Å²) >= 11 is 0. The molecule has 3 atom stereocenters. The minimum Gasteiger partial charge on any atom is -0.481 e. The molecule has 1 aliphatic heterocycles. The van der Waals surface area contributed by atoms with E-state index >= 15 is 0 Å². The van der Waals surface area contributed by atoms with E-state index in [1.54, 1.807) is 11.8 Å². The highest BCUT2D eigenvalue weighted by atomic mass is 16.5. The number of carboxylic acid groups (broad SMARTS) is 1. The predicted octanol–water partition coefficient (Wildman–Crippen LogP) is 0.755. The van der Waals surface area contributed by atoms with Crippen LogP contribution in [0, 0.1) is 17.8 Å². The molecule has 1 aliphatic rings. The summed E-state index contributed by atoms with van der Waals surface area (Å²) in [4.78, 5) is 35.7. The first-order valence-electron chi connectivity index (χ1n) is 6.42. The minimum atomic E-state index is -0.900. The number of carboxylic acids is 1. The van der Waals surface area contributed by atoms with Crippen molar-refractivity contribution in [3.05, 3.63) is 0 Å². The molecule has 6 nitrogen and oxygen atoms in total. The highest BCUT2D eigenvalue weighted by molar-refractivity contribution is 5.80. The Morgan fingerprint density at radius 2 is 1.95 bits per heavy atom. The lowest BCUT2D eigenvalue weighted by Gasteiger charge is -2.18. The summed E-state index contributed by atoms with van der Waals surface area (Å²) in [7, 11) is 1.34. The van der Waals surface area contributed by atoms with Gasteiger partial charge < -0.3 is 14.7 Å². The van der Waals surface area contributed by atoms with Gasteiger partial charge >= 0.3 is 11.9 Å². The van der Waals surface area contributed by atoms with Crippen LogP contribution in [0.1, 0.15) is 26.7 Å². The number of hydrogen-bond acceptors (Lipinski definition) is 4. The zero-order chi connectivity index (χ0) is 14.6. The van der Waals surface area contributed by atoms with Crippen molar-refractivity contribution in [2.24, 2.45) is 17.8 Å². The van der Waals surface area contributed by atoms with Crippen LogP contribution in [0.5, 0.6) is 0 Å². The van der Waals surface area contributed by atoms with Gasteiger partial charge in [0.25, 0.3) is 0 Å². The third kappa shape index (κ3) is 4.22. The molecule has 0 saturated carbocycles. The summed E-state index contributed by atoms with van der Waals surface area (Å²) in [5, 5.41) is 8.66. The molecule has 0 aromatic heterocycles. The number of esters is 1. The molecule has 0 spiro atoms. The smallest absolute Gasteiger partial charge is 0.310 e. The average molecular weight is 271 g/mol. The van der Waals surface area contributed by atoms with Crippen LogP contribution >= 0.6 is 0 Å². The van der Waals surface area contributed by atoms with Gasteiger partial charge in [-0.05, 0) is 11.8 Å². The zero-order valence-corrected chi connectivity index (χ0v) is 11.6. The van der Waals surface area contributed by atoms with Crippen molar-refractivity contribution < 1.29 is 24.2 Å². The zero-order valence-electron chi connectivity index (χ0n) is 11.6. The van der Waals surface area contributed by atoms with Gasteiger partial charge in [0.15, 0.2) is 0 Å². The fourth-order valence-electron chi connectivity index (χ4n) is 2.43. The molecule has 1 amide bonds. The maximum atomic E-state index is 12.0. The maximum absolute atomic E-state index is 12.0. The Balaban J connectivity index is 2.51. The van der Waals surface area contributed by atoms with Gasteiger partial charge in [0.1, 0.15) is 0 Å². The van der Waals surface area contributed by atoms with Gasteiger partial charge in [-0.3, -0.25) is 14.4 Å². The van der Waals surface area contributed by atoms with Gasteiger partial charge in [-0.2, -0.15) is 0 Å². The lowest BCUT2D eigenvalue weighted by molar-refractivity contribution is -0.146. The Hall–Kier alpha value is -1.59. The van der Waals surface area contributed by atoms with Gasteiger partial charge in [0.05, 0.1) is 13.0 Å². The molecule has 108 valence electrons. The molecule has 0 aromatic rings. The predicted molar refractivity (Wildman–Crippen MR) is 67.3 cm³/mol. The molecule has 1 rings (SSSR count). The number of carbonyl (C=O) groups excluding carboxylic acids is 2. The lowest BCUT2D eigenvalue weighted by Crippen LogP contribution is -2.31. The second-order valence-corrected chi connectivity index (χ2v) is 5.31. The standard InChI is InChI=1S/C13H21NO5/c1-8(5-12(16)17)4-11(15)14-6-9(2)10(7-14)13(18)19-3/h8-10H,4-7H2,1-3H3,(H,16,17). The Morgan fingerprint density at radius 3 is 2.47 bits per heavy atom. The highest BCUT2D eigenvalue weighted by Gasteiger charge is 2.37. The molecule has 0 radical (unpaired) electrons. The molecule has 0 aromatic carbocycles. The quantitative estimate of drug-likeness (QED) is 0.746. The van der Waals surface area contributed by atoms with Crippen LogP contribution in [-0.2, 0) is 19.1 Å². The molecule has 3 unspecified atom stereocenters. The first-order valence-corrected chi connectivity index (χ1v) is 6.42. The van der Waals surface area contributed by atoms with Gasteiger partial charge in [0.2, 0.25) is 5.91 Å². The molecule has 19 heavy (non-hydrogen) atoms. The van der Waals surface area contributed by atoms with Gasteiger partial charge in [0, 0.05) is 25.9 Å².